The summed E-state index contributed by atoms with van der Waals surface area (Å²) in [6, 6.07) is 0. The first-order valence-corrected chi connectivity index (χ1v) is 26.1. The van der Waals surface area contributed by atoms with E-state index in [2.05, 4.69) is 81.5 Å². The molecule has 6 heteroatoms. The van der Waals surface area contributed by atoms with E-state index in [0.29, 0.717) is 19.3 Å². The predicted octanol–water partition coefficient (Wildman–Crippen LogP) is 17.2. The average Bonchev–Trinajstić information content (AvgIpc) is 3.28. The third-order valence-electron chi connectivity index (χ3n) is 11.0. The Labute approximate surface area is 388 Å². The quantitative estimate of drug-likeness (QED) is 0.0199. The molecule has 0 aromatic heterocycles. The fraction of sp³-hybridized carbons (Fsp3) is 0.702. The smallest absolute Gasteiger partial charge is 0.306 e. The second kappa shape index (κ2) is 51.2. The molecule has 0 heterocycles. The standard InChI is InChI=1S/C57H96O6/c1-4-7-10-13-16-19-22-25-27-28-30-32-35-38-41-44-47-50-56(59)62-53-54(52-61-55(58)49-46-43-40-37-34-31-24-21-18-15-12-9-6-3)63-57(60)51-48-45-42-39-36-33-29-26-23-20-17-14-11-8-5-2/h8,11,14,17,20,23,25-27,29-30,32,38,41,54H,4-7,9-10,12-13,15-16,18-19,21-22,24,28,31,33-37,39-40,42-53H2,1-3H3/b11-8-,17-14-,23-20-,27-25-,29-26-,32-30-,41-38-. The minimum absolute atomic E-state index is 0.101. The number of unbranched alkanes of at least 4 members (excludes halogenated alkanes) is 24. The highest BCUT2D eigenvalue weighted by Crippen LogP contribution is 2.14. The zero-order valence-corrected chi connectivity index (χ0v) is 41.1. The van der Waals surface area contributed by atoms with Crippen LogP contribution in [0.15, 0.2) is 85.1 Å². The molecule has 1 unspecified atom stereocenters. The van der Waals surface area contributed by atoms with Gasteiger partial charge in [-0.15, -0.1) is 0 Å². The van der Waals surface area contributed by atoms with E-state index in [9.17, 15) is 14.4 Å². The van der Waals surface area contributed by atoms with Gasteiger partial charge in [-0.25, -0.2) is 0 Å². The van der Waals surface area contributed by atoms with Gasteiger partial charge in [-0.2, -0.15) is 0 Å². The highest BCUT2D eigenvalue weighted by atomic mass is 16.6. The first-order valence-electron chi connectivity index (χ1n) is 26.1. The summed E-state index contributed by atoms with van der Waals surface area (Å²) in [5.74, 6) is -0.978. The summed E-state index contributed by atoms with van der Waals surface area (Å²) in [7, 11) is 0. The van der Waals surface area contributed by atoms with E-state index >= 15 is 0 Å². The largest absolute Gasteiger partial charge is 0.462 e. The summed E-state index contributed by atoms with van der Waals surface area (Å²) >= 11 is 0. The molecule has 0 rings (SSSR count). The molecule has 0 spiro atoms. The molecule has 0 amide bonds. The van der Waals surface area contributed by atoms with Crippen LogP contribution in [0.3, 0.4) is 0 Å². The molecule has 0 aliphatic rings. The number of hydrogen-bond donors (Lipinski definition) is 0. The molecule has 1 atom stereocenters. The third-order valence-corrected chi connectivity index (χ3v) is 11.0. The number of hydrogen-bond acceptors (Lipinski definition) is 6. The van der Waals surface area contributed by atoms with Gasteiger partial charge in [0.25, 0.3) is 0 Å². The Kier molecular flexibility index (Phi) is 48.5. The third kappa shape index (κ3) is 49.5. The van der Waals surface area contributed by atoms with Crippen molar-refractivity contribution in [3.8, 4) is 0 Å². The summed E-state index contributed by atoms with van der Waals surface area (Å²) in [5.41, 5.74) is 0. The fourth-order valence-corrected chi connectivity index (χ4v) is 7.06. The molecular formula is C57H96O6. The van der Waals surface area contributed by atoms with Gasteiger partial charge >= 0.3 is 17.9 Å². The van der Waals surface area contributed by atoms with Gasteiger partial charge in [-0.05, 0) is 70.6 Å². The predicted molar refractivity (Wildman–Crippen MR) is 270 cm³/mol. The molecule has 360 valence electrons. The van der Waals surface area contributed by atoms with Gasteiger partial charge < -0.3 is 14.2 Å². The first kappa shape index (κ1) is 59.6. The van der Waals surface area contributed by atoms with E-state index < -0.39 is 6.10 Å². The number of rotatable bonds is 46. The molecule has 0 fully saturated rings. The maximum atomic E-state index is 12.8. The number of carbonyl (C=O) groups excluding carboxylic acids is 3. The minimum Gasteiger partial charge on any atom is -0.462 e. The average molecular weight is 877 g/mol. The van der Waals surface area contributed by atoms with E-state index in [1.807, 2.05) is 24.3 Å². The summed E-state index contributed by atoms with van der Waals surface area (Å²) in [5, 5.41) is 0. The zero-order chi connectivity index (χ0) is 45.8. The van der Waals surface area contributed by atoms with Gasteiger partial charge in [-0.1, -0.05) is 234 Å². The molecule has 0 saturated heterocycles. The van der Waals surface area contributed by atoms with Crippen LogP contribution in [0.25, 0.3) is 0 Å². The monoisotopic (exact) mass is 877 g/mol. The Morgan fingerprint density at radius 3 is 1.17 bits per heavy atom. The summed E-state index contributed by atoms with van der Waals surface area (Å²) in [4.78, 5) is 38.0. The van der Waals surface area contributed by atoms with Crippen molar-refractivity contribution in [2.45, 2.75) is 245 Å². The van der Waals surface area contributed by atoms with E-state index in [1.165, 1.54) is 109 Å². The normalized spacial score (nSPS) is 12.7. The van der Waals surface area contributed by atoms with Gasteiger partial charge in [0, 0.05) is 19.3 Å². The van der Waals surface area contributed by atoms with E-state index in [1.54, 1.807) is 0 Å². The molecule has 63 heavy (non-hydrogen) atoms. The molecule has 0 radical (unpaired) electrons. The van der Waals surface area contributed by atoms with Gasteiger partial charge in [0.05, 0.1) is 0 Å². The summed E-state index contributed by atoms with van der Waals surface area (Å²) < 4.78 is 16.7. The molecule has 6 nitrogen and oxygen atoms in total. The SMILES string of the molecule is CC\C=C/C=C\C=C/C=C\CCCCCCCC(=O)OC(COC(=O)CCC/C=C\C/C=C\C/C=C\CCCCCCCC)COC(=O)CCCCCCCCCCCCCCC. The van der Waals surface area contributed by atoms with Crippen LogP contribution in [0.5, 0.6) is 0 Å². The number of ether oxygens (including phenoxy) is 3. The van der Waals surface area contributed by atoms with Crippen molar-refractivity contribution in [3.05, 3.63) is 85.1 Å². The number of allylic oxidation sites excluding steroid dienone is 14. The lowest BCUT2D eigenvalue weighted by Gasteiger charge is -2.18. The molecule has 0 bridgehead atoms. The maximum absolute atomic E-state index is 12.8. The van der Waals surface area contributed by atoms with Gasteiger partial charge in [0.1, 0.15) is 13.2 Å². The maximum Gasteiger partial charge on any atom is 0.306 e. The number of carbonyl (C=O) groups is 3. The number of esters is 3. The molecule has 0 aromatic rings. The van der Waals surface area contributed by atoms with Crippen molar-refractivity contribution in [2.75, 3.05) is 13.2 Å². The molecular weight excluding hydrogens is 781 g/mol. The second-order valence-electron chi connectivity index (χ2n) is 17.1. The Morgan fingerprint density at radius 2 is 0.698 bits per heavy atom. The van der Waals surface area contributed by atoms with Crippen molar-refractivity contribution in [1.82, 2.24) is 0 Å². The fourth-order valence-electron chi connectivity index (χ4n) is 7.06. The lowest BCUT2D eigenvalue weighted by molar-refractivity contribution is -0.167. The lowest BCUT2D eigenvalue weighted by atomic mass is 10.0. The van der Waals surface area contributed by atoms with Crippen molar-refractivity contribution >= 4 is 17.9 Å². The summed E-state index contributed by atoms with van der Waals surface area (Å²) in [6.45, 7) is 6.43. The van der Waals surface area contributed by atoms with Gasteiger partial charge in [0.15, 0.2) is 6.10 Å². The van der Waals surface area contributed by atoms with Gasteiger partial charge in [0.2, 0.25) is 0 Å². The Morgan fingerprint density at radius 1 is 0.349 bits per heavy atom. The minimum atomic E-state index is -0.807. The molecule has 0 aliphatic heterocycles. The highest BCUT2D eigenvalue weighted by molar-refractivity contribution is 5.71. The van der Waals surface area contributed by atoms with Crippen molar-refractivity contribution in [1.29, 1.82) is 0 Å². The van der Waals surface area contributed by atoms with Gasteiger partial charge in [-0.3, -0.25) is 14.4 Å². The Hall–Kier alpha value is -3.41. The van der Waals surface area contributed by atoms with Crippen molar-refractivity contribution in [2.24, 2.45) is 0 Å². The first-order chi connectivity index (χ1) is 31.0. The Bertz CT molecular complexity index is 1240. The Balaban J connectivity index is 4.50. The van der Waals surface area contributed by atoms with Crippen LogP contribution < -0.4 is 0 Å². The molecule has 0 N–H and O–H groups in total. The topological polar surface area (TPSA) is 78.9 Å². The van der Waals surface area contributed by atoms with E-state index in [0.717, 1.165) is 83.5 Å². The van der Waals surface area contributed by atoms with E-state index in [4.69, 9.17) is 14.2 Å². The van der Waals surface area contributed by atoms with Crippen LogP contribution in [-0.4, -0.2) is 37.2 Å². The van der Waals surface area contributed by atoms with Crippen molar-refractivity contribution < 1.29 is 28.6 Å². The molecule has 0 saturated carbocycles. The summed E-state index contributed by atoms with van der Waals surface area (Å²) in [6.07, 6.45) is 65.7. The zero-order valence-electron chi connectivity index (χ0n) is 41.1. The highest BCUT2D eigenvalue weighted by Gasteiger charge is 2.19. The van der Waals surface area contributed by atoms with Crippen molar-refractivity contribution in [3.63, 3.8) is 0 Å². The van der Waals surface area contributed by atoms with E-state index in [-0.39, 0.29) is 37.5 Å². The molecule has 0 aromatic carbocycles. The molecule has 0 aliphatic carbocycles. The second-order valence-corrected chi connectivity index (χ2v) is 17.1. The lowest BCUT2D eigenvalue weighted by Crippen LogP contribution is -2.30. The van der Waals surface area contributed by atoms with Crippen LogP contribution in [0, 0.1) is 0 Å². The van der Waals surface area contributed by atoms with Crippen LogP contribution >= 0.6 is 0 Å². The van der Waals surface area contributed by atoms with Crippen LogP contribution in [-0.2, 0) is 28.6 Å². The van der Waals surface area contributed by atoms with Crippen LogP contribution in [0.4, 0.5) is 0 Å². The van der Waals surface area contributed by atoms with Crippen LogP contribution in [0.2, 0.25) is 0 Å². The van der Waals surface area contributed by atoms with Crippen LogP contribution in [0.1, 0.15) is 239 Å².